The number of hydrogen-bond donors (Lipinski definition) is 0. The number of ether oxygens (including phenoxy) is 1. The van der Waals surface area contributed by atoms with E-state index in [1.54, 1.807) is 7.11 Å². The summed E-state index contributed by atoms with van der Waals surface area (Å²) >= 11 is 0. The van der Waals surface area contributed by atoms with Crippen molar-refractivity contribution in [1.82, 2.24) is 0 Å². The predicted molar refractivity (Wildman–Crippen MR) is 43.3 cm³/mol. The second kappa shape index (κ2) is 3.54. The molecule has 1 rings (SSSR count). The first-order valence-electron chi connectivity index (χ1n) is 3.83. The van der Waals surface area contributed by atoms with Crippen LogP contribution in [0.1, 0.15) is 12.8 Å². The van der Waals surface area contributed by atoms with Gasteiger partial charge in [0, 0.05) is 13.7 Å². The zero-order valence-corrected chi connectivity index (χ0v) is 7.56. The van der Waals surface area contributed by atoms with Gasteiger partial charge < -0.3 is 4.74 Å². The fraction of sp³-hybridized carbons (Fsp3) is 1.00. The standard InChI is InChI=1S/C7H14O3S/c1-10-6-7-2-4-11(8,9)5-3-7/h7H,2-6H2,1H3. The third kappa shape index (κ3) is 2.79. The molecule has 0 radical (unpaired) electrons. The first-order chi connectivity index (χ1) is 5.14. The summed E-state index contributed by atoms with van der Waals surface area (Å²) in [6.45, 7) is 0.704. The van der Waals surface area contributed by atoms with Crippen LogP contribution in [0.25, 0.3) is 0 Å². The minimum absolute atomic E-state index is 0.348. The fourth-order valence-corrected chi connectivity index (χ4v) is 2.93. The lowest BCUT2D eigenvalue weighted by Gasteiger charge is -2.20. The molecule has 1 fully saturated rings. The Morgan fingerprint density at radius 2 is 1.91 bits per heavy atom. The third-order valence-electron chi connectivity index (χ3n) is 2.08. The summed E-state index contributed by atoms with van der Waals surface area (Å²) in [7, 11) is -1.03. The number of methoxy groups -OCH3 is 1. The Balaban J connectivity index is 2.36. The van der Waals surface area contributed by atoms with Gasteiger partial charge in [-0.2, -0.15) is 0 Å². The average molecular weight is 178 g/mol. The van der Waals surface area contributed by atoms with E-state index in [0.717, 1.165) is 12.8 Å². The summed E-state index contributed by atoms with van der Waals surface area (Å²) in [5, 5.41) is 0. The van der Waals surface area contributed by atoms with Gasteiger partial charge in [-0.05, 0) is 18.8 Å². The third-order valence-corrected chi connectivity index (χ3v) is 3.79. The zero-order chi connectivity index (χ0) is 8.32. The molecule has 0 bridgehead atoms. The average Bonchev–Trinajstić information content (AvgIpc) is 1.94. The summed E-state index contributed by atoms with van der Waals surface area (Å²) in [6.07, 6.45) is 1.55. The molecule has 11 heavy (non-hydrogen) atoms. The van der Waals surface area contributed by atoms with Crippen LogP contribution in [-0.2, 0) is 14.6 Å². The molecule has 0 saturated carbocycles. The second-order valence-corrected chi connectivity index (χ2v) is 5.35. The Morgan fingerprint density at radius 1 is 1.36 bits per heavy atom. The molecular formula is C7H14O3S. The van der Waals surface area contributed by atoms with Crippen molar-refractivity contribution in [2.45, 2.75) is 12.8 Å². The van der Waals surface area contributed by atoms with Crippen LogP contribution in [-0.4, -0.2) is 33.6 Å². The lowest BCUT2D eigenvalue weighted by molar-refractivity contribution is 0.147. The quantitative estimate of drug-likeness (QED) is 0.617. The smallest absolute Gasteiger partial charge is 0.150 e. The normalized spacial score (nSPS) is 25.2. The number of hydrogen-bond acceptors (Lipinski definition) is 3. The number of sulfone groups is 1. The molecule has 66 valence electrons. The van der Waals surface area contributed by atoms with Gasteiger partial charge in [0.05, 0.1) is 11.5 Å². The van der Waals surface area contributed by atoms with E-state index in [9.17, 15) is 8.42 Å². The largest absolute Gasteiger partial charge is 0.384 e. The highest BCUT2D eigenvalue weighted by atomic mass is 32.2. The van der Waals surface area contributed by atoms with Crippen LogP contribution in [0.4, 0.5) is 0 Å². The van der Waals surface area contributed by atoms with Gasteiger partial charge in [-0.15, -0.1) is 0 Å². The Morgan fingerprint density at radius 3 is 2.36 bits per heavy atom. The van der Waals surface area contributed by atoms with Crippen LogP contribution in [0.5, 0.6) is 0 Å². The summed E-state index contributed by atoms with van der Waals surface area (Å²) in [4.78, 5) is 0. The SMILES string of the molecule is COCC1CCS(=O)(=O)CC1. The van der Waals surface area contributed by atoms with Gasteiger partial charge in [-0.25, -0.2) is 8.42 Å². The van der Waals surface area contributed by atoms with Gasteiger partial charge in [-0.1, -0.05) is 0 Å². The van der Waals surface area contributed by atoms with Crippen molar-refractivity contribution in [2.24, 2.45) is 5.92 Å². The van der Waals surface area contributed by atoms with E-state index < -0.39 is 9.84 Å². The van der Waals surface area contributed by atoms with Gasteiger partial charge in [0.1, 0.15) is 9.84 Å². The van der Waals surface area contributed by atoms with E-state index in [4.69, 9.17) is 4.74 Å². The van der Waals surface area contributed by atoms with E-state index in [1.807, 2.05) is 0 Å². The van der Waals surface area contributed by atoms with Crippen LogP contribution in [0, 0.1) is 5.92 Å². The van der Waals surface area contributed by atoms with Crippen molar-refractivity contribution >= 4 is 9.84 Å². The van der Waals surface area contributed by atoms with Gasteiger partial charge in [0.2, 0.25) is 0 Å². The Labute approximate surface area is 67.7 Å². The highest BCUT2D eigenvalue weighted by Gasteiger charge is 2.22. The van der Waals surface area contributed by atoms with E-state index >= 15 is 0 Å². The molecule has 0 aliphatic carbocycles. The van der Waals surface area contributed by atoms with Gasteiger partial charge >= 0.3 is 0 Å². The maximum Gasteiger partial charge on any atom is 0.150 e. The molecule has 0 amide bonds. The minimum atomic E-state index is -2.69. The van der Waals surface area contributed by atoms with Crippen molar-refractivity contribution in [3.63, 3.8) is 0 Å². The molecule has 0 aromatic heterocycles. The Kier molecular flexibility index (Phi) is 2.90. The van der Waals surface area contributed by atoms with Crippen molar-refractivity contribution in [2.75, 3.05) is 25.2 Å². The van der Waals surface area contributed by atoms with Crippen LogP contribution >= 0.6 is 0 Å². The molecule has 0 unspecified atom stereocenters. The van der Waals surface area contributed by atoms with Crippen molar-refractivity contribution in [3.8, 4) is 0 Å². The van der Waals surface area contributed by atoms with Crippen LogP contribution in [0.2, 0.25) is 0 Å². The molecule has 4 heteroatoms. The molecule has 1 aliphatic heterocycles. The highest BCUT2D eigenvalue weighted by molar-refractivity contribution is 7.91. The molecule has 0 aromatic carbocycles. The lowest BCUT2D eigenvalue weighted by Crippen LogP contribution is -2.25. The first-order valence-corrected chi connectivity index (χ1v) is 5.65. The summed E-state index contributed by atoms with van der Waals surface area (Å²) in [5.74, 6) is 1.16. The molecule has 0 spiro atoms. The van der Waals surface area contributed by atoms with Gasteiger partial charge in [-0.3, -0.25) is 0 Å². The minimum Gasteiger partial charge on any atom is -0.384 e. The zero-order valence-electron chi connectivity index (χ0n) is 6.75. The molecular weight excluding hydrogens is 164 g/mol. The van der Waals surface area contributed by atoms with Crippen LogP contribution in [0.15, 0.2) is 0 Å². The Bertz CT molecular complexity index is 194. The number of rotatable bonds is 2. The molecule has 1 heterocycles. The molecule has 1 aliphatic rings. The molecule has 3 nitrogen and oxygen atoms in total. The topological polar surface area (TPSA) is 43.4 Å². The second-order valence-electron chi connectivity index (χ2n) is 3.05. The summed E-state index contributed by atoms with van der Waals surface area (Å²) in [5.41, 5.74) is 0. The molecule has 0 N–H and O–H groups in total. The summed E-state index contributed by atoms with van der Waals surface area (Å²) in [6, 6.07) is 0. The van der Waals surface area contributed by atoms with Crippen molar-refractivity contribution < 1.29 is 13.2 Å². The maximum absolute atomic E-state index is 11.0. The highest BCUT2D eigenvalue weighted by Crippen LogP contribution is 2.18. The van der Waals surface area contributed by atoms with E-state index in [-0.39, 0.29) is 0 Å². The molecule has 1 saturated heterocycles. The van der Waals surface area contributed by atoms with Gasteiger partial charge in [0.25, 0.3) is 0 Å². The maximum atomic E-state index is 11.0. The van der Waals surface area contributed by atoms with E-state index in [0.29, 0.717) is 24.0 Å². The lowest BCUT2D eigenvalue weighted by atomic mass is 10.0. The van der Waals surface area contributed by atoms with Crippen LogP contribution < -0.4 is 0 Å². The Hall–Kier alpha value is -0.0900. The van der Waals surface area contributed by atoms with Crippen molar-refractivity contribution in [3.05, 3.63) is 0 Å². The van der Waals surface area contributed by atoms with E-state index in [2.05, 4.69) is 0 Å². The molecule has 0 aromatic rings. The summed E-state index contributed by atoms with van der Waals surface area (Å²) < 4.78 is 26.9. The molecule has 0 atom stereocenters. The van der Waals surface area contributed by atoms with Gasteiger partial charge in [0.15, 0.2) is 0 Å². The van der Waals surface area contributed by atoms with Crippen LogP contribution in [0.3, 0.4) is 0 Å². The first kappa shape index (κ1) is 9.00. The fourth-order valence-electron chi connectivity index (χ4n) is 1.34. The van der Waals surface area contributed by atoms with E-state index in [1.165, 1.54) is 0 Å². The monoisotopic (exact) mass is 178 g/mol. The van der Waals surface area contributed by atoms with Crippen molar-refractivity contribution in [1.29, 1.82) is 0 Å². The predicted octanol–water partition coefficient (Wildman–Crippen LogP) is 0.458.